The molecule has 0 amide bonds. The number of benzene rings is 8. The first kappa shape index (κ1) is 54.6. The van der Waals surface area contributed by atoms with E-state index in [2.05, 4.69) is 248 Å². The third-order valence-corrected chi connectivity index (χ3v) is 31.6. The van der Waals surface area contributed by atoms with Gasteiger partial charge in [-0.2, -0.15) is 0 Å². The Morgan fingerprint density at radius 2 is 0.598 bits per heavy atom. The Morgan fingerprint density at radius 1 is 0.329 bits per heavy atom. The standard InChI is InChI=1S/C76H68S4Si2/c1-13-81(14-2,15-3)33-27-57-61-39-49-25-31-77-69(49)43-63(61)55(59-37-47-23-29-79-71(47)45-65(57)59)21-19-51-35-53(75(7,8)9)41-67-68-42-54(76(10,11)12)36-52(74(68)73(51)67)20-22-56-60-38-48-24-30-80-72(48)46-66(60)58(28-34-82(16-4,17-5)18-6)62-40-50-26-32-78-70(50)44-64(56)62/h23-26,29-32,35-46H,13-18H2,1-12H3. The Morgan fingerprint density at radius 3 is 0.866 bits per heavy atom. The van der Waals surface area contributed by atoms with Crippen molar-refractivity contribution in [2.24, 2.45) is 0 Å². The van der Waals surface area contributed by atoms with Crippen molar-refractivity contribution < 1.29 is 0 Å². The van der Waals surface area contributed by atoms with Crippen LogP contribution in [0.3, 0.4) is 0 Å². The van der Waals surface area contributed by atoms with Crippen molar-refractivity contribution >= 4 is 145 Å². The lowest BCUT2D eigenvalue weighted by Crippen LogP contribution is -2.29. The molecule has 0 unspecified atom stereocenters. The first-order valence-corrected chi connectivity index (χ1v) is 38.3. The fourth-order valence-corrected chi connectivity index (χ4v) is 20.8. The Balaban J connectivity index is 1.11. The molecule has 0 saturated heterocycles. The highest BCUT2D eigenvalue weighted by atomic mass is 32.1. The van der Waals surface area contributed by atoms with E-state index in [1.807, 2.05) is 22.7 Å². The van der Waals surface area contributed by atoms with Gasteiger partial charge in [0.1, 0.15) is 16.1 Å². The van der Waals surface area contributed by atoms with Crippen LogP contribution in [-0.4, -0.2) is 16.1 Å². The van der Waals surface area contributed by atoms with Crippen molar-refractivity contribution in [3.05, 3.63) is 184 Å². The van der Waals surface area contributed by atoms with Crippen LogP contribution in [0, 0.1) is 67.5 Å². The van der Waals surface area contributed by atoms with Gasteiger partial charge < -0.3 is 0 Å². The maximum atomic E-state index is 4.03. The van der Waals surface area contributed by atoms with Crippen LogP contribution >= 0.6 is 45.3 Å². The molecular weight excluding hydrogens is 1100 g/mol. The summed E-state index contributed by atoms with van der Waals surface area (Å²) in [6.07, 6.45) is 0. The SMILES string of the molecule is CC[Si](C#Cc1c2cc3ccsc3cc2c(C#Cc2cc(C(C)(C)C)cc3c2=c2c(C#Cc4c5cc6ccsc6cc5c(C#C[Si](CC)(CC)CC)c5cc6ccsc6cc45)cc(C(C)(C)C)cc2=3)c2cc3ccsc3cc12)(CC)CC. The third kappa shape index (κ3) is 9.09. The zero-order valence-electron chi connectivity index (χ0n) is 49.4. The number of thiophene rings is 4. The molecule has 4 heterocycles. The molecule has 13 rings (SSSR count). The highest BCUT2D eigenvalue weighted by Crippen LogP contribution is 2.42. The summed E-state index contributed by atoms with van der Waals surface area (Å²) in [6.45, 7) is 28.1. The molecule has 0 nitrogen and oxygen atoms in total. The summed E-state index contributed by atoms with van der Waals surface area (Å²) in [4.78, 5) is 0. The predicted octanol–water partition coefficient (Wildman–Crippen LogP) is 22.2. The average molecular weight is 1170 g/mol. The number of hydrogen-bond acceptors (Lipinski definition) is 4. The van der Waals surface area contributed by atoms with Crippen LogP contribution in [-0.2, 0) is 10.8 Å². The lowest BCUT2D eigenvalue weighted by atomic mass is 9.80. The summed E-state index contributed by atoms with van der Waals surface area (Å²) in [5, 5.41) is 28.3. The zero-order valence-corrected chi connectivity index (χ0v) is 54.7. The molecule has 0 fully saturated rings. The Labute approximate surface area is 501 Å². The third-order valence-electron chi connectivity index (χ3n) is 18.7. The summed E-state index contributed by atoms with van der Waals surface area (Å²) in [5.74, 6) is 23.9. The molecule has 0 saturated carbocycles. The van der Waals surface area contributed by atoms with Crippen LogP contribution in [0.4, 0.5) is 0 Å². The van der Waals surface area contributed by atoms with E-state index in [0.29, 0.717) is 0 Å². The first-order chi connectivity index (χ1) is 39.5. The zero-order chi connectivity index (χ0) is 57.0. The van der Waals surface area contributed by atoms with Crippen molar-refractivity contribution in [3.8, 4) is 46.6 Å². The normalized spacial score (nSPS) is 12.5. The monoisotopic (exact) mass is 1160 g/mol. The van der Waals surface area contributed by atoms with Gasteiger partial charge in [-0.3, -0.25) is 0 Å². The summed E-state index contributed by atoms with van der Waals surface area (Å²) in [6, 6.07) is 44.9. The minimum atomic E-state index is -1.78. The lowest BCUT2D eigenvalue weighted by Gasteiger charge is -2.24. The molecule has 0 bridgehead atoms. The van der Waals surface area contributed by atoms with Gasteiger partial charge in [0.15, 0.2) is 0 Å². The molecule has 8 aromatic carbocycles. The predicted molar refractivity (Wildman–Crippen MR) is 370 cm³/mol. The van der Waals surface area contributed by atoms with Gasteiger partial charge in [0.25, 0.3) is 0 Å². The Hall–Kier alpha value is -6.69. The topological polar surface area (TPSA) is 0 Å². The van der Waals surface area contributed by atoms with Crippen molar-refractivity contribution in [1.82, 2.24) is 0 Å². The number of fused-ring (bicyclic) bond motifs is 10. The second-order valence-electron chi connectivity index (χ2n) is 25.0. The lowest BCUT2D eigenvalue weighted by molar-refractivity contribution is 0.587. The van der Waals surface area contributed by atoms with E-state index in [4.69, 9.17) is 0 Å². The quantitative estimate of drug-likeness (QED) is 0.0884. The second-order valence-corrected chi connectivity index (χ2v) is 38.7. The van der Waals surface area contributed by atoms with Gasteiger partial charge in [0, 0.05) is 84.2 Å². The Kier molecular flexibility index (Phi) is 13.7. The molecule has 0 radical (unpaired) electrons. The van der Waals surface area contributed by atoms with Gasteiger partial charge in [-0.05, 0) is 230 Å². The van der Waals surface area contributed by atoms with Crippen molar-refractivity contribution in [2.45, 2.75) is 130 Å². The molecule has 1 aliphatic rings. The maximum Gasteiger partial charge on any atom is 0.138 e. The molecule has 12 aromatic rings. The molecule has 0 N–H and O–H groups in total. The van der Waals surface area contributed by atoms with Crippen LogP contribution in [0.25, 0.3) is 83.4 Å². The number of hydrogen-bond donors (Lipinski definition) is 0. The second kappa shape index (κ2) is 20.6. The van der Waals surface area contributed by atoms with Crippen LogP contribution in [0.5, 0.6) is 0 Å². The van der Waals surface area contributed by atoms with Gasteiger partial charge in [0.2, 0.25) is 0 Å². The summed E-state index contributed by atoms with van der Waals surface area (Å²) >= 11 is 7.22. The molecule has 1 aliphatic carbocycles. The summed E-state index contributed by atoms with van der Waals surface area (Å²) < 4.78 is 5.10. The smallest absolute Gasteiger partial charge is 0.138 e. The molecule has 404 valence electrons. The van der Waals surface area contributed by atoms with Crippen LogP contribution < -0.4 is 0 Å². The average Bonchev–Trinajstić information content (AvgIpc) is 3.69. The fourth-order valence-electron chi connectivity index (χ4n) is 12.7. The molecule has 82 heavy (non-hydrogen) atoms. The summed E-state index contributed by atoms with van der Waals surface area (Å²) in [7, 11) is -3.56. The van der Waals surface area contributed by atoms with Crippen molar-refractivity contribution in [2.75, 3.05) is 0 Å². The minimum absolute atomic E-state index is 0.109. The highest BCUT2D eigenvalue weighted by Gasteiger charge is 2.27. The Bertz CT molecular complexity index is 4650. The molecule has 0 atom stereocenters. The van der Waals surface area contributed by atoms with E-state index in [1.165, 1.54) is 115 Å². The van der Waals surface area contributed by atoms with Crippen molar-refractivity contribution in [1.29, 1.82) is 0 Å². The van der Waals surface area contributed by atoms with E-state index in [1.54, 1.807) is 22.7 Å². The first-order valence-electron chi connectivity index (χ1n) is 29.5. The summed E-state index contributed by atoms with van der Waals surface area (Å²) in [5.41, 5.74) is 16.9. The van der Waals surface area contributed by atoms with E-state index in [-0.39, 0.29) is 10.8 Å². The van der Waals surface area contributed by atoms with E-state index < -0.39 is 16.1 Å². The van der Waals surface area contributed by atoms with Crippen LogP contribution in [0.1, 0.15) is 128 Å². The van der Waals surface area contributed by atoms with Gasteiger partial charge in [-0.1, -0.05) is 119 Å². The highest BCUT2D eigenvalue weighted by molar-refractivity contribution is 7.18. The fraction of sp³-hybridized carbons (Fsp3) is 0.263. The van der Waals surface area contributed by atoms with Crippen LogP contribution in [0.15, 0.2) is 119 Å². The van der Waals surface area contributed by atoms with Crippen LogP contribution in [0.2, 0.25) is 36.3 Å². The van der Waals surface area contributed by atoms with Gasteiger partial charge >= 0.3 is 0 Å². The van der Waals surface area contributed by atoms with Gasteiger partial charge in [-0.25, -0.2) is 0 Å². The molecule has 6 heteroatoms. The van der Waals surface area contributed by atoms with E-state index in [0.717, 1.165) is 69.6 Å². The maximum absolute atomic E-state index is 4.03. The molecule has 4 aromatic heterocycles. The van der Waals surface area contributed by atoms with Gasteiger partial charge in [0.05, 0.1) is 0 Å². The van der Waals surface area contributed by atoms with Crippen molar-refractivity contribution in [3.63, 3.8) is 0 Å². The largest absolute Gasteiger partial charge is 0.144 e. The van der Waals surface area contributed by atoms with E-state index >= 15 is 0 Å². The molecule has 0 spiro atoms. The molecule has 0 aliphatic heterocycles. The minimum Gasteiger partial charge on any atom is -0.144 e. The molecular formula is C76H68S4Si2. The van der Waals surface area contributed by atoms with Gasteiger partial charge in [-0.15, -0.1) is 56.4 Å². The number of rotatable bonds is 6. The van der Waals surface area contributed by atoms with E-state index in [9.17, 15) is 0 Å².